The minimum absolute atomic E-state index is 0.0999. The number of amides is 1. The predicted molar refractivity (Wildman–Crippen MR) is 59.7 cm³/mol. The second kappa shape index (κ2) is 4.49. The van der Waals surface area contributed by atoms with Crippen molar-refractivity contribution in [3.05, 3.63) is 0 Å². The van der Waals surface area contributed by atoms with E-state index in [0.29, 0.717) is 5.91 Å². The van der Waals surface area contributed by atoms with Crippen molar-refractivity contribution in [3.8, 4) is 0 Å². The first kappa shape index (κ1) is 10.9. The molecule has 86 valence electrons. The topological polar surface area (TPSA) is 44.4 Å². The van der Waals surface area contributed by atoms with Crippen LogP contribution >= 0.6 is 0 Å². The van der Waals surface area contributed by atoms with Crippen molar-refractivity contribution in [1.82, 2.24) is 15.5 Å². The molecule has 0 radical (unpaired) electrons. The van der Waals surface area contributed by atoms with Gasteiger partial charge in [-0.1, -0.05) is 6.92 Å². The average molecular weight is 211 g/mol. The summed E-state index contributed by atoms with van der Waals surface area (Å²) in [5, 5.41) is 6.60. The third-order valence-electron chi connectivity index (χ3n) is 3.78. The monoisotopic (exact) mass is 211 g/mol. The smallest absolute Gasteiger partial charge is 0.230 e. The summed E-state index contributed by atoms with van der Waals surface area (Å²) in [7, 11) is 0. The van der Waals surface area contributed by atoms with Crippen molar-refractivity contribution in [2.24, 2.45) is 5.41 Å². The summed E-state index contributed by atoms with van der Waals surface area (Å²) < 4.78 is 0. The minimum Gasteiger partial charge on any atom is -0.340 e. The second-order valence-electron chi connectivity index (χ2n) is 4.60. The highest BCUT2D eigenvalue weighted by molar-refractivity contribution is 5.83. The lowest BCUT2D eigenvalue weighted by atomic mass is 9.82. The predicted octanol–water partition coefficient (Wildman–Crippen LogP) is -0.192. The van der Waals surface area contributed by atoms with Crippen LogP contribution in [0.5, 0.6) is 0 Å². The summed E-state index contributed by atoms with van der Waals surface area (Å²) >= 11 is 0. The first-order valence-electron chi connectivity index (χ1n) is 5.99. The Hall–Kier alpha value is -0.610. The van der Waals surface area contributed by atoms with Crippen LogP contribution in [0.3, 0.4) is 0 Å². The summed E-state index contributed by atoms with van der Waals surface area (Å²) in [6.07, 6.45) is 1.97. The molecule has 2 aliphatic rings. The normalized spacial score (nSPS) is 31.9. The zero-order valence-corrected chi connectivity index (χ0v) is 9.51. The van der Waals surface area contributed by atoms with Crippen LogP contribution in [-0.2, 0) is 4.79 Å². The summed E-state index contributed by atoms with van der Waals surface area (Å²) in [6, 6.07) is 0. The van der Waals surface area contributed by atoms with Crippen molar-refractivity contribution in [2.75, 3.05) is 39.3 Å². The van der Waals surface area contributed by atoms with E-state index in [0.717, 1.165) is 52.1 Å². The number of carbonyl (C=O) groups is 1. The molecule has 0 aliphatic carbocycles. The van der Waals surface area contributed by atoms with Gasteiger partial charge < -0.3 is 15.5 Å². The number of nitrogens with zero attached hydrogens (tertiary/aromatic N) is 1. The standard InChI is InChI=1S/C11H21N3O/c1-2-11(3-4-13-9-11)10(15)14-7-5-12-6-8-14/h12-13H,2-9H2,1H3. The highest BCUT2D eigenvalue weighted by Crippen LogP contribution is 2.31. The van der Waals surface area contributed by atoms with E-state index in [1.807, 2.05) is 4.90 Å². The Labute approximate surface area is 91.4 Å². The molecule has 0 bridgehead atoms. The molecule has 1 amide bonds. The van der Waals surface area contributed by atoms with Gasteiger partial charge >= 0.3 is 0 Å². The van der Waals surface area contributed by atoms with Crippen LogP contribution in [0.2, 0.25) is 0 Å². The summed E-state index contributed by atoms with van der Waals surface area (Å²) in [4.78, 5) is 14.4. The first-order chi connectivity index (χ1) is 7.28. The lowest BCUT2D eigenvalue weighted by Gasteiger charge is -2.35. The van der Waals surface area contributed by atoms with Crippen LogP contribution in [0.1, 0.15) is 19.8 Å². The number of piperazine rings is 1. The summed E-state index contributed by atoms with van der Waals surface area (Å²) in [6.45, 7) is 7.63. The van der Waals surface area contributed by atoms with Gasteiger partial charge in [-0.05, 0) is 19.4 Å². The van der Waals surface area contributed by atoms with E-state index in [1.54, 1.807) is 0 Å². The quantitative estimate of drug-likeness (QED) is 0.665. The highest BCUT2D eigenvalue weighted by Gasteiger charge is 2.42. The van der Waals surface area contributed by atoms with Gasteiger partial charge in [-0.15, -0.1) is 0 Å². The van der Waals surface area contributed by atoms with Gasteiger partial charge in [0, 0.05) is 32.7 Å². The third-order valence-corrected chi connectivity index (χ3v) is 3.78. The molecule has 4 nitrogen and oxygen atoms in total. The molecule has 0 aromatic rings. The number of carbonyl (C=O) groups excluding carboxylic acids is 1. The second-order valence-corrected chi connectivity index (χ2v) is 4.60. The van der Waals surface area contributed by atoms with Crippen molar-refractivity contribution in [2.45, 2.75) is 19.8 Å². The first-order valence-corrected chi connectivity index (χ1v) is 5.99. The molecule has 2 aliphatic heterocycles. The SMILES string of the molecule is CCC1(C(=O)N2CCNCC2)CCNC1. The van der Waals surface area contributed by atoms with Crippen LogP contribution in [0.15, 0.2) is 0 Å². The summed E-state index contributed by atoms with van der Waals surface area (Å²) in [5.74, 6) is 0.372. The maximum absolute atomic E-state index is 12.4. The minimum atomic E-state index is -0.0999. The van der Waals surface area contributed by atoms with Gasteiger partial charge in [0.25, 0.3) is 0 Å². The zero-order chi connectivity index (χ0) is 10.7. The Balaban J connectivity index is 2.03. The van der Waals surface area contributed by atoms with E-state index in [-0.39, 0.29) is 5.41 Å². The van der Waals surface area contributed by atoms with Crippen molar-refractivity contribution < 1.29 is 4.79 Å². The number of hydrogen-bond acceptors (Lipinski definition) is 3. The zero-order valence-electron chi connectivity index (χ0n) is 9.51. The van der Waals surface area contributed by atoms with Gasteiger partial charge in [-0.25, -0.2) is 0 Å². The molecule has 0 spiro atoms. The van der Waals surface area contributed by atoms with Crippen LogP contribution in [0.25, 0.3) is 0 Å². The number of hydrogen-bond donors (Lipinski definition) is 2. The fourth-order valence-corrected chi connectivity index (χ4v) is 2.58. The molecule has 0 aromatic heterocycles. The molecule has 2 rings (SSSR count). The molecule has 2 saturated heterocycles. The lowest BCUT2D eigenvalue weighted by molar-refractivity contribution is -0.142. The van der Waals surface area contributed by atoms with Crippen molar-refractivity contribution >= 4 is 5.91 Å². The Morgan fingerprint density at radius 3 is 2.53 bits per heavy atom. The van der Waals surface area contributed by atoms with E-state index in [4.69, 9.17) is 0 Å². The summed E-state index contributed by atoms with van der Waals surface area (Å²) in [5.41, 5.74) is -0.0999. The Morgan fingerprint density at radius 1 is 1.27 bits per heavy atom. The molecule has 2 N–H and O–H groups in total. The molecule has 0 aromatic carbocycles. The van der Waals surface area contributed by atoms with Gasteiger partial charge in [-0.3, -0.25) is 4.79 Å². The van der Waals surface area contributed by atoms with Gasteiger partial charge in [0.15, 0.2) is 0 Å². The van der Waals surface area contributed by atoms with E-state index in [2.05, 4.69) is 17.6 Å². The van der Waals surface area contributed by atoms with Gasteiger partial charge in [-0.2, -0.15) is 0 Å². The molecule has 1 unspecified atom stereocenters. The van der Waals surface area contributed by atoms with E-state index in [9.17, 15) is 4.79 Å². The van der Waals surface area contributed by atoms with E-state index < -0.39 is 0 Å². The molecule has 15 heavy (non-hydrogen) atoms. The maximum Gasteiger partial charge on any atom is 0.230 e. The average Bonchev–Trinajstić information content (AvgIpc) is 2.79. The number of rotatable bonds is 2. The fourth-order valence-electron chi connectivity index (χ4n) is 2.58. The van der Waals surface area contributed by atoms with Gasteiger partial charge in [0.05, 0.1) is 5.41 Å². The van der Waals surface area contributed by atoms with Crippen LogP contribution in [0.4, 0.5) is 0 Å². The van der Waals surface area contributed by atoms with Crippen LogP contribution in [-0.4, -0.2) is 50.1 Å². The van der Waals surface area contributed by atoms with E-state index >= 15 is 0 Å². The maximum atomic E-state index is 12.4. The fraction of sp³-hybridized carbons (Fsp3) is 0.909. The molecular formula is C11H21N3O. The van der Waals surface area contributed by atoms with Crippen molar-refractivity contribution in [1.29, 1.82) is 0 Å². The lowest BCUT2D eigenvalue weighted by Crippen LogP contribution is -2.52. The molecule has 2 heterocycles. The highest BCUT2D eigenvalue weighted by atomic mass is 16.2. The molecule has 4 heteroatoms. The Bertz CT molecular complexity index is 230. The molecule has 2 fully saturated rings. The number of nitrogens with one attached hydrogen (secondary N) is 2. The molecular weight excluding hydrogens is 190 g/mol. The molecule has 1 atom stereocenters. The van der Waals surface area contributed by atoms with Crippen molar-refractivity contribution in [3.63, 3.8) is 0 Å². The third kappa shape index (κ3) is 2.01. The molecule has 0 saturated carbocycles. The largest absolute Gasteiger partial charge is 0.340 e. The Kier molecular flexibility index (Phi) is 3.26. The van der Waals surface area contributed by atoms with Gasteiger partial charge in [0.1, 0.15) is 0 Å². The Morgan fingerprint density at radius 2 is 2.00 bits per heavy atom. The van der Waals surface area contributed by atoms with Crippen LogP contribution in [0, 0.1) is 5.41 Å². The van der Waals surface area contributed by atoms with Gasteiger partial charge in [0.2, 0.25) is 5.91 Å². The van der Waals surface area contributed by atoms with Crippen LogP contribution < -0.4 is 10.6 Å². The van der Waals surface area contributed by atoms with E-state index in [1.165, 1.54) is 0 Å².